The third-order valence-corrected chi connectivity index (χ3v) is 3.31. The molecule has 1 aliphatic rings. The van der Waals surface area contributed by atoms with E-state index in [0.717, 1.165) is 36.6 Å². The van der Waals surface area contributed by atoms with Gasteiger partial charge in [-0.1, -0.05) is 0 Å². The fourth-order valence-corrected chi connectivity index (χ4v) is 2.31. The smallest absolute Gasteiger partial charge is 0.193 e. The summed E-state index contributed by atoms with van der Waals surface area (Å²) in [5.74, 6) is 1.84. The lowest BCUT2D eigenvalue weighted by molar-refractivity contribution is 0.118. The Morgan fingerprint density at radius 2 is 2.13 bits per heavy atom. The fourth-order valence-electron chi connectivity index (χ4n) is 2.31. The van der Waals surface area contributed by atoms with Crippen LogP contribution in [-0.2, 0) is 4.74 Å². The highest BCUT2D eigenvalue weighted by atomic mass is 127. The standard InChI is InChI=1S/C16H25N3O3.HI/c1-3-20-12-7-8-15(21-4-2)14(10-12)19-16(17)18-11-13-6-5-9-22-13;/h7-8,10,13H,3-6,9,11H2,1-2H3,(H3,17,18,19);1H. The van der Waals surface area contributed by atoms with Crippen molar-refractivity contribution in [2.45, 2.75) is 32.8 Å². The summed E-state index contributed by atoms with van der Waals surface area (Å²) in [5, 5.41) is 3.09. The second kappa shape index (κ2) is 10.5. The molecule has 0 aliphatic carbocycles. The van der Waals surface area contributed by atoms with Gasteiger partial charge in [-0.15, -0.1) is 24.0 Å². The number of anilines is 1. The van der Waals surface area contributed by atoms with E-state index in [9.17, 15) is 0 Å². The average Bonchev–Trinajstić information content (AvgIpc) is 3.02. The van der Waals surface area contributed by atoms with E-state index in [0.29, 0.717) is 25.7 Å². The van der Waals surface area contributed by atoms with Gasteiger partial charge in [0, 0.05) is 12.7 Å². The van der Waals surface area contributed by atoms with E-state index < -0.39 is 0 Å². The summed E-state index contributed by atoms with van der Waals surface area (Å²) >= 11 is 0. The normalized spacial score (nSPS) is 17.5. The lowest BCUT2D eigenvalue weighted by Crippen LogP contribution is -2.25. The van der Waals surface area contributed by atoms with Gasteiger partial charge in [0.25, 0.3) is 0 Å². The van der Waals surface area contributed by atoms with Gasteiger partial charge in [-0.3, -0.25) is 4.99 Å². The SMILES string of the molecule is CCOc1ccc(OCC)c(NC(N)=NCC2CCCO2)c1.I. The molecule has 0 aromatic heterocycles. The molecule has 130 valence electrons. The Morgan fingerprint density at radius 1 is 1.35 bits per heavy atom. The van der Waals surface area contributed by atoms with Crippen molar-refractivity contribution in [3.8, 4) is 11.5 Å². The first-order chi connectivity index (χ1) is 10.7. The van der Waals surface area contributed by atoms with Crippen molar-refractivity contribution in [3.05, 3.63) is 18.2 Å². The van der Waals surface area contributed by atoms with Gasteiger partial charge in [0.15, 0.2) is 5.96 Å². The summed E-state index contributed by atoms with van der Waals surface area (Å²) in [5.41, 5.74) is 6.71. The van der Waals surface area contributed by atoms with E-state index >= 15 is 0 Å². The van der Waals surface area contributed by atoms with Crippen LogP contribution in [0.5, 0.6) is 11.5 Å². The third kappa shape index (κ3) is 6.42. The molecule has 1 fully saturated rings. The highest BCUT2D eigenvalue weighted by molar-refractivity contribution is 14.0. The van der Waals surface area contributed by atoms with Crippen molar-refractivity contribution in [1.29, 1.82) is 0 Å². The predicted octanol–water partition coefficient (Wildman–Crippen LogP) is 3.01. The zero-order valence-electron chi connectivity index (χ0n) is 13.7. The van der Waals surface area contributed by atoms with E-state index in [1.54, 1.807) is 0 Å². The average molecular weight is 435 g/mol. The molecule has 0 bridgehead atoms. The molecule has 1 unspecified atom stereocenters. The Bertz CT molecular complexity index is 505. The number of aliphatic imine (C=N–C) groups is 1. The van der Waals surface area contributed by atoms with Gasteiger partial charge < -0.3 is 25.3 Å². The second-order valence-electron chi connectivity index (χ2n) is 5.01. The molecule has 0 saturated carbocycles. The molecule has 0 radical (unpaired) electrons. The van der Waals surface area contributed by atoms with Crippen LogP contribution in [0.4, 0.5) is 5.69 Å². The minimum absolute atomic E-state index is 0. The minimum atomic E-state index is 0. The number of nitrogens with one attached hydrogen (secondary N) is 1. The van der Waals surface area contributed by atoms with Gasteiger partial charge >= 0.3 is 0 Å². The van der Waals surface area contributed by atoms with Gasteiger partial charge in [0.2, 0.25) is 0 Å². The molecular formula is C16H26IN3O3. The highest BCUT2D eigenvalue weighted by Gasteiger charge is 2.15. The summed E-state index contributed by atoms with van der Waals surface area (Å²) in [6.07, 6.45) is 2.32. The first-order valence-corrected chi connectivity index (χ1v) is 7.81. The molecule has 1 atom stereocenters. The molecule has 0 spiro atoms. The first kappa shape index (κ1) is 19.8. The van der Waals surface area contributed by atoms with Crippen molar-refractivity contribution in [1.82, 2.24) is 0 Å². The van der Waals surface area contributed by atoms with Crippen LogP contribution in [0, 0.1) is 0 Å². The Morgan fingerprint density at radius 3 is 2.78 bits per heavy atom. The van der Waals surface area contributed by atoms with Crippen LogP contribution < -0.4 is 20.5 Å². The van der Waals surface area contributed by atoms with E-state index in [4.69, 9.17) is 19.9 Å². The molecule has 0 amide bonds. The molecule has 6 nitrogen and oxygen atoms in total. The second-order valence-corrected chi connectivity index (χ2v) is 5.01. The van der Waals surface area contributed by atoms with Gasteiger partial charge in [-0.2, -0.15) is 0 Å². The number of benzene rings is 1. The molecule has 23 heavy (non-hydrogen) atoms. The zero-order valence-corrected chi connectivity index (χ0v) is 16.0. The monoisotopic (exact) mass is 435 g/mol. The molecule has 1 saturated heterocycles. The van der Waals surface area contributed by atoms with Crippen molar-refractivity contribution in [2.75, 3.05) is 31.7 Å². The highest BCUT2D eigenvalue weighted by Crippen LogP contribution is 2.29. The maximum atomic E-state index is 5.96. The summed E-state index contributed by atoms with van der Waals surface area (Å²) in [4.78, 5) is 4.34. The maximum absolute atomic E-state index is 5.96. The van der Waals surface area contributed by atoms with Crippen molar-refractivity contribution >= 4 is 35.6 Å². The number of hydrogen-bond acceptors (Lipinski definition) is 4. The van der Waals surface area contributed by atoms with Gasteiger partial charge in [0.1, 0.15) is 11.5 Å². The van der Waals surface area contributed by atoms with Crippen LogP contribution in [0.25, 0.3) is 0 Å². The van der Waals surface area contributed by atoms with E-state index in [1.165, 1.54) is 0 Å². The number of halogens is 1. The minimum Gasteiger partial charge on any atom is -0.494 e. The number of hydrogen-bond donors (Lipinski definition) is 2. The zero-order chi connectivity index (χ0) is 15.8. The Kier molecular flexibility index (Phi) is 9.08. The van der Waals surface area contributed by atoms with Crippen LogP contribution in [-0.4, -0.2) is 38.4 Å². The van der Waals surface area contributed by atoms with E-state index in [1.807, 2.05) is 32.0 Å². The molecule has 1 aliphatic heterocycles. The van der Waals surface area contributed by atoms with Crippen molar-refractivity contribution in [2.24, 2.45) is 10.7 Å². The first-order valence-electron chi connectivity index (χ1n) is 7.81. The number of guanidine groups is 1. The van der Waals surface area contributed by atoms with Crippen LogP contribution >= 0.6 is 24.0 Å². The lowest BCUT2D eigenvalue weighted by atomic mass is 10.2. The van der Waals surface area contributed by atoms with E-state index in [2.05, 4.69) is 10.3 Å². The fraction of sp³-hybridized carbons (Fsp3) is 0.562. The summed E-state index contributed by atoms with van der Waals surface area (Å²) in [6.45, 7) is 6.47. The predicted molar refractivity (Wildman–Crippen MR) is 103 cm³/mol. The van der Waals surface area contributed by atoms with Gasteiger partial charge in [0.05, 0.1) is 31.5 Å². The molecule has 1 heterocycles. The van der Waals surface area contributed by atoms with Crippen LogP contribution in [0.15, 0.2) is 23.2 Å². The van der Waals surface area contributed by atoms with Crippen molar-refractivity contribution < 1.29 is 14.2 Å². The Balaban J connectivity index is 0.00000264. The number of rotatable bonds is 7. The van der Waals surface area contributed by atoms with Crippen molar-refractivity contribution in [3.63, 3.8) is 0 Å². The largest absolute Gasteiger partial charge is 0.494 e. The molecule has 1 aromatic rings. The quantitative estimate of drug-likeness (QED) is 0.391. The summed E-state index contributed by atoms with van der Waals surface area (Å²) < 4.78 is 16.6. The number of nitrogens with zero attached hydrogens (tertiary/aromatic N) is 1. The molecule has 3 N–H and O–H groups in total. The topological polar surface area (TPSA) is 78.1 Å². The molecule has 1 aromatic carbocycles. The van der Waals surface area contributed by atoms with Gasteiger partial charge in [-0.25, -0.2) is 0 Å². The van der Waals surface area contributed by atoms with Crippen LogP contribution in [0.3, 0.4) is 0 Å². The summed E-state index contributed by atoms with van der Waals surface area (Å²) in [6, 6.07) is 5.60. The Hall–Kier alpha value is -1.22. The number of nitrogens with two attached hydrogens (primary N) is 1. The Labute approximate surface area is 154 Å². The van der Waals surface area contributed by atoms with E-state index in [-0.39, 0.29) is 30.1 Å². The molecular weight excluding hydrogens is 409 g/mol. The third-order valence-electron chi connectivity index (χ3n) is 3.31. The summed E-state index contributed by atoms with van der Waals surface area (Å²) in [7, 11) is 0. The van der Waals surface area contributed by atoms with Gasteiger partial charge in [-0.05, 0) is 38.8 Å². The molecule has 2 rings (SSSR count). The molecule has 7 heteroatoms. The maximum Gasteiger partial charge on any atom is 0.193 e. The lowest BCUT2D eigenvalue weighted by Gasteiger charge is -2.14. The van der Waals surface area contributed by atoms with Crippen LogP contribution in [0.2, 0.25) is 0 Å². The number of ether oxygens (including phenoxy) is 3. The van der Waals surface area contributed by atoms with Crippen LogP contribution in [0.1, 0.15) is 26.7 Å².